The summed E-state index contributed by atoms with van der Waals surface area (Å²) < 4.78 is 3.12. The Kier molecular flexibility index (Phi) is 5.16. The lowest BCUT2D eigenvalue weighted by Gasteiger charge is -2.24. The molecule has 28 heavy (non-hydrogen) atoms. The van der Waals surface area contributed by atoms with Crippen molar-refractivity contribution in [3.05, 3.63) is 81.3 Å². The number of rotatable bonds is 5. The van der Waals surface area contributed by atoms with Crippen LogP contribution in [-0.2, 0) is 20.1 Å². The molecular formula is C21H23N5O2. The Morgan fingerprint density at radius 1 is 1.14 bits per heavy atom. The van der Waals surface area contributed by atoms with E-state index in [9.17, 15) is 9.59 Å². The Morgan fingerprint density at radius 3 is 2.82 bits per heavy atom. The van der Waals surface area contributed by atoms with Gasteiger partial charge in [0.15, 0.2) is 0 Å². The number of pyridine rings is 2. The van der Waals surface area contributed by atoms with E-state index in [4.69, 9.17) is 0 Å². The summed E-state index contributed by atoms with van der Waals surface area (Å²) in [6.45, 7) is 2.20. The molecule has 4 rings (SSSR count). The molecule has 1 aliphatic rings. The maximum absolute atomic E-state index is 12.4. The molecule has 1 aliphatic heterocycles. The van der Waals surface area contributed by atoms with Crippen LogP contribution in [0, 0.1) is 0 Å². The van der Waals surface area contributed by atoms with E-state index in [0.29, 0.717) is 13.1 Å². The van der Waals surface area contributed by atoms with E-state index < -0.39 is 0 Å². The van der Waals surface area contributed by atoms with Gasteiger partial charge in [-0.05, 0) is 49.2 Å². The van der Waals surface area contributed by atoms with E-state index in [1.165, 1.54) is 0 Å². The molecule has 7 nitrogen and oxygen atoms in total. The Bertz CT molecular complexity index is 1070. The molecule has 0 bridgehead atoms. The predicted molar refractivity (Wildman–Crippen MR) is 107 cm³/mol. The van der Waals surface area contributed by atoms with Gasteiger partial charge in [0.05, 0.1) is 12.2 Å². The van der Waals surface area contributed by atoms with Crippen LogP contribution in [0.4, 0.5) is 0 Å². The normalized spacial score (nSPS) is 17.1. The van der Waals surface area contributed by atoms with E-state index in [1.54, 1.807) is 53.1 Å². The molecule has 3 aromatic heterocycles. The van der Waals surface area contributed by atoms with Gasteiger partial charge in [-0.25, -0.2) is 4.68 Å². The van der Waals surface area contributed by atoms with E-state index in [2.05, 4.69) is 15.0 Å². The van der Waals surface area contributed by atoms with E-state index in [1.807, 2.05) is 18.2 Å². The van der Waals surface area contributed by atoms with Gasteiger partial charge in [0, 0.05) is 55.9 Å². The molecule has 144 valence electrons. The molecule has 3 aromatic rings. The highest BCUT2D eigenvalue weighted by Crippen LogP contribution is 2.21. The monoisotopic (exact) mass is 377 g/mol. The van der Waals surface area contributed by atoms with Gasteiger partial charge in [0.1, 0.15) is 0 Å². The molecule has 0 amide bonds. The Morgan fingerprint density at radius 2 is 2.04 bits per heavy atom. The second-order valence-corrected chi connectivity index (χ2v) is 7.23. The third kappa shape index (κ3) is 3.94. The fourth-order valence-electron chi connectivity index (χ4n) is 3.68. The number of likely N-dealkylation sites (tertiary alicyclic amines) is 1. The van der Waals surface area contributed by atoms with Gasteiger partial charge < -0.3 is 4.57 Å². The van der Waals surface area contributed by atoms with Crippen molar-refractivity contribution in [3.8, 4) is 11.3 Å². The minimum Gasteiger partial charge on any atom is -0.319 e. The van der Waals surface area contributed by atoms with Crippen molar-refractivity contribution >= 4 is 0 Å². The lowest BCUT2D eigenvalue weighted by molar-refractivity contribution is 0.216. The third-order valence-electron chi connectivity index (χ3n) is 5.26. The van der Waals surface area contributed by atoms with Gasteiger partial charge in [0.2, 0.25) is 0 Å². The minimum absolute atomic E-state index is 0.00435. The zero-order chi connectivity index (χ0) is 19.5. The van der Waals surface area contributed by atoms with Gasteiger partial charge in [-0.1, -0.05) is 0 Å². The lowest BCUT2D eigenvalue weighted by Crippen LogP contribution is -2.37. The number of aromatic nitrogens is 4. The second-order valence-electron chi connectivity index (χ2n) is 7.23. The molecule has 7 heteroatoms. The highest BCUT2D eigenvalue weighted by atomic mass is 16.1. The summed E-state index contributed by atoms with van der Waals surface area (Å²) in [5.41, 5.74) is 2.52. The van der Waals surface area contributed by atoms with Crippen LogP contribution in [0.2, 0.25) is 0 Å². The summed E-state index contributed by atoms with van der Waals surface area (Å²) >= 11 is 0. The standard InChI is InChI=1S/C21H23N5O2/c1-24-11-8-16(12-21(24)28)14-25-10-3-5-18(25)15-26-20(27)7-6-19(23-26)17-4-2-9-22-13-17/h2,4,6-9,11-13,18H,3,5,10,14-15H2,1H3. The first kappa shape index (κ1) is 18.3. The largest absolute Gasteiger partial charge is 0.319 e. The Balaban J connectivity index is 1.53. The van der Waals surface area contributed by atoms with Gasteiger partial charge in [0.25, 0.3) is 11.1 Å². The summed E-state index contributed by atoms with van der Waals surface area (Å²) in [6.07, 6.45) is 7.34. The first-order valence-corrected chi connectivity index (χ1v) is 9.48. The van der Waals surface area contributed by atoms with Crippen molar-refractivity contribution in [1.82, 2.24) is 24.2 Å². The summed E-state index contributed by atoms with van der Waals surface area (Å²) in [5.74, 6) is 0. The first-order chi connectivity index (χ1) is 13.6. The molecular weight excluding hydrogens is 354 g/mol. The van der Waals surface area contributed by atoms with Crippen molar-refractivity contribution in [2.45, 2.75) is 32.0 Å². The highest BCUT2D eigenvalue weighted by Gasteiger charge is 2.25. The number of hydrogen-bond acceptors (Lipinski definition) is 5. The van der Waals surface area contributed by atoms with Crippen LogP contribution in [-0.4, -0.2) is 36.8 Å². The maximum atomic E-state index is 12.4. The van der Waals surface area contributed by atoms with Crippen LogP contribution in [0.3, 0.4) is 0 Å². The predicted octanol–water partition coefficient (Wildman–Crippen LogP) is 1.67. The van der Waals surface area contributed by atoms with Crippen LogP contribution < -0.4 is 11.1 Å². The zero-order valence-corrected chi connectivity index (χ0v) is 15.9. The highest BCUT2D eigenvalue weighted by molar-refractivity contribution is 5.56. The molecule has 0 N–H and O–H groups in total. The van der Waals surface area contributed by atoms with Crippen LogP contribution in [0.5, 0.6) is 0 Å². The molecule has 4 heterocycles. The Labute approximate surface area is 162 Å². The van der Waals surface area contributed by atoms with E-state index >= 15 is 0 Å². The smallest absolute Gasteiger partial charge is 0.266 e. The molecule has 0 saturated carbocycles. The number of aryl methyl sites for hydroxylation is 1. The third-order valence-corrected chi connectivity index (χ3v) is 5.26. The van der Waals surface area contributed by atoms with Gasteiger partial charge in [-0.3, -0.25) is 19.5 Å². The number of hydrogen-bond donors (Lipinski definition) is 0. The van der Waals surface area contributed by atoms with Crippen LogP contribution in [0.15, 0.2) is 64.6 Å². The molecule has 1 saturated heterocycles. The summed E-state index contributed by atoms with van der Waals surface area (Å²) in [5, 5.41) is 4.56. The molecule has 0 aliphatic carbocycles. The molecule has 0 spiro atoms. The molecule has 1 fully saturated rings. The topological polar surface area (TPSA) is 73.0 Å². The average molecular weight is 377 g/mol. The SMILES string of the molecule is Cn1ccc(CN2CCCC2Cn2nc(-c3cccnc3)ccc2=O)cc1=O. The van der Waals surface area contributed by atoms with Crippen molar-refractivity contribution in [1.29, 1.82) is 0 Å². The van der Waals surface area contributed by atoms with Crippen molar-refractivity contribution < 1.29 is 0 Å². The number of nitrogens with zero attached hydrogens (tertiary/aromatic N) is 5. The maximum Gasteiger partial charge on any atom is 0.266 e. The summed E-state index contributed by atoms with van der Waals surface area (Å²) in [6, 6.07) is 11.0. The van der Waals surface area contributed by atoms with Gasteiger partial charge in [-0.2, -0.15) is 5.10 Å². The average Bonchev–Trinajstić information content (AvgIpc) is 3.14. The van der Waals surface area contributed by atoms with Crippen molar-refractivity contribution in [2.75, 3.05) is 6.54 Å². The molecule has 1 unspecified atom stereocenters. The first-order valence-electron chi connectivity index (χ1n) is 9.48. The minimum atomic E-state index is -0.104. The quantitative estimate of drug-likeness (QED) is 0.676. The Hall–Kier alpha value is -3.06. The zero-order valence-electron chi connectivity index (χ0n) is 15.9. The van der Waals surface area contributed by atoms with Gasteiger partial charge in [-0.15, -0.1) is 0 Å². The molecule has 0 radical (unpaired) electrons. The van der Waals surface area contributed by atoms with E-state index in [0.717, 1.165) is 36.2 Å². The fraction of sp³-hybridized carbons (Fsp3) is 0.333. The van der Waals surface area contributed by atoms with Crippen LogP contribution in [0.25, 0.3) is 11.3 Å². The van der Waals surface area contributed by atoms with Crippen LogP contribution >= 0.6 is 0 Å². The summed E-state index contributed by atoms with van der Waals surface area (Å²) in [4.78, 5) is 30.7. The van der Waals surface area contributed by atoms with E-state index in [-0.39, 0.29) is 17.2 Å². The molecule has 0 aromatic carbocycles. The molecule has 1 atom stereocenters. The van der Waals surface area contributed by atoms with Crippen molar-refractivity contribution in [3.63, 3.8) is 0 Å². The fourth-order valence-corrected chi connectivity index (χ4v) is 3.68. The van der Waals surface area contributed by atoms with Crippen molar-refractivity contribution in [2.24, 2.45) is 7.05 Å². The lowest BCUT2D eigenvalue weighted by atomic mass is 10.2. The van der Waals surface area contributed by atoms with Gasteiger partial charge >= 0.3 is 0 Å². The van der Waals surface area contributed by atoms with Crippen LogP contribution in [0.1, 0.15) is 18.4 Å². The second kappa shape index (κ2) is 7.90. The summed E-state index contributed by atoms with van der Waals surface area (Å²) in [7, 11) is 1.75.